The minimum Gasteiger partial charge on any atom is -0.389 e. The quantitative estimate of drug-likeness (QED) is 0.863. The Bertz CT molecular complexity index is 511. The van der Waals surface area contributed by atoms with Gasteiger partial charge in [-0.2, -0.15) is 0 Å². The minimum absolute atomic E-state index is 0.270. The van der Waals surface area contributed by atoms with Gasteiger partial charge < -0.3 is 10.6 Å². The molecular weight excluding hydrogens is 271 g/mol. The van der Waals surface area contributed by atoms with Gasteiger partial charge in [0.15, 0.2) is 0 Å². The van der Waals surface area contributed by atoms with Crippen molar-refractivity contribution in [1.82, 2.24) is 0 Å². The predicted octanol–water partition coefficient (Wildman–Crippen LogP) is 3.62. The first kappa shape index (κ1) is 13.8. The Morgan fingerprint density at radius 2 is 1.95 bits per heavy atom. The van der Waals surface area contributed by atoms with E-state index in [0.717, 1.165) is 18.2 Å². The van der Waals surface area contributed by atoms with E-state index < -0.39 is 0 Å². The highest BCUT2D eigenvalue weighted by Gasteiger charge is 2.34. The number of benzene rings is 1. The number of thiocarbonyl (C=S) groups is 1. The van der Waals surface area contributed by atoms with Crippen LogP contribution in [0.25, 0.3) is 0 Å². The van der Waals surface area contributed by atoms with Crippen LogP contribution >= 0.6 is 12.2 Å². The summed E-state index contributed by atoms with van der Waals surface area (Å²) in [6, 6.07) is 5.41. The van der Waals surface area contributed by atoms with Crippen molar-refractivity contribution in [1.29, 1.82) is 0 Å². The van der Waals surface area contributed by atoms with Gasteiger partial charge in [-0.15, -0.1) is 0 Å². The first-order valence-corrected chi connectivity index (χ1v) is 7.93. The molecule has 0 radical (unpaired) electrons. The lowest BCUT2D eigenvalue weighted by Gasteiger charge is -2.32. The maximum Gasteiger partial charge on any atom is 0.124 e. The SMILES string of the molecule is NC(=S)c1cc(F)ccc1N1CCCC1C1CCCC1. The van der Waals surface area contributed by atoms with E-state index in [4.69, 9.17) is 18.0 Å². The summed E-state index contributed by atoms with van der Waals surface area (Å²) in [7, 11) is 0. The van der Waals surface area contributed by atoms with Crippen LogP contribution in [0, 0.1) is 11.7 Å². The Balaban J connectivity index is 1.92. The molecule has 0 spiro atoms. The molecule has 0 amide bonds. The molecule has 1 aliphatic carbocycles. The Morgan fingerprint density at radius 3 is 2.65 bits per heavy atom. The lowest BCUT2D eigenvalue weighted by atomic mass is 9.95. The maximum absolute atomic E-state index is 13.5. The first-order valence-electron chi connectivity index (χ1n) is 7.53. The van der Waals surface area contributed by atoms with E-state index >= 15 is 0 Å². The molecule has 2 nitrogen and oxygen atoms in total. The zero-order valence-electron chi connectivity index (χ0n) is 11.6. The summed E-state index contributed by atoms with van der Waals surface area (Å²) in [5.74, 6) is 0.509. The molecule has 1 heterocycles. The third-order valence-electron chi connectivity index (χ3n) is 4.78. The summed E-state index contributed by atoms with van der Waals surface area (Å²) >= 11 is 5.10. The molecule has 1 saturated carbocycles. The standard InChI is InChI=1S/C16H21FN2S/c17-12-7-8-15(13(10-12)16(18)20)19-9-3-6-14(19)11-4-1-2-5-11/h7-8,10-11,14H,1-6,9H2,(H2,18,20). The lowest BCUT2D eigenvalue weighted by molar-refractivity contribution is 0.430. The predicted molar refractivity (Wildman–Crippen MR) is 84.6 cm³/mol. The second kappa shape index (κ2) is 5.68. The van der Waals surface area contributed by atoms with Crippen LogP contribution in [0.2, 0.25) is 0 Å². The van der Waals surface area contributed by atoms with Gasteiger partial charge in [-0.05, 0) is 49.8 Å². The van der Waals surface area contributed by atoms with Gasteiger partial charge in [0.05, 0.1) is 0 Å². The Hall–Kier alpha value is -1.16. The number of rotatable bonds is 3. The van der Waals surface area contributed by atoms with Crippen LogP contribution in [-0.2, 0) is 0 Å². The van der Waals surface area contributed by atoms with E-state index in [1.165, 1.54) is 50.7 Å². The van der Waals surface area contributed by atoms with E-state index in [1.807, 2.05) is 6.07 Å². The topological polar surface area (TPSA) is 29.3 Å². The average molecular weight is 292 g/mol. The number of halogens is 1. The highest BCUT2D eigenvalue weighted by Crippen LogP contribution is 2.38. The highest BCUT2D eigenvalue weighted by molar-refractivity contribution is 7.80. The molecule has 0 aromatic heterocycles. The third-order valence-corrected chi connectivity index (χ3v) is 5.00. The zero-order valence-corrected chi connectivity index (χ0v) is 12.5. The highest BCUT2D eigenvalue weighted by atomic mass is 32.1. The molecule has 1 aromatic carbocycles. The monoisotopic (exact) mass is 292 g/mol. The second-order valence-electron chi connectivity index (χ2n) is 5.97. The van der Waals surface area contributed by atoms with Gasteiger partial charge in [0.1, 0.15) is 10.8 Å². The van der Waals surface area contributed by atoms with Gasteiger partial charge >= 0.3 is 0 Å². The molecule has 2 N–H and O–H groups in total. The summed E-state index contributed by atoms with van der Waals surface area (Å²) in [6.45, 7) is 1.03. The van der Waals surface area contributed by atoms with E-state index in [2.05, 4.69) is 4.90 Å². The number of anilines is 1. The normalized spacial score (nSPS) is 23.4. The van der Waals surface area contributed by atoms with Crippen molar-refractivity contribution >= 4 is 22.9 Å². The molecule has 1 unspecified atom stereocenters. The molecule has 1 aliphatic heterocycles. The fraction of sp³-hybridized carbons (Fsp3) is 0.562. The van der Waals surface area contributed by atoms with Gasteiger partial charge in [-0.25, -0.2) is 4.39 Å². The van der Waals surface area contributed by atoms with Gasteiger partial charge in [0, 0.05) is 23.8 Å². The van der Waals surface area contributed by atoms with Crippen molar-refractivity contribution in [2.45, 2.75) is 44.6 Å². The molecule has 1 saturated heterocycles. The van der Waals surface area contributed by atoms with Crippen molar-refractivity contribution in [2.24, 2.45) is 11.7 Å². The van der Waals surface area contributed by atoms with E-state index in [9.17, 15) is 4.39 Å². The summed E-state index contributed by atoms with van der Waals surface area (Å²) in [5, 5.41) is 0. The lowest BCUT2D eigenvalue weighted by Crippen LogP contribution is -2.36. The molecule has 0 bridgehead atoms. The number of hydrogen-bond donors (Lipinski definition) is 1. The molecule has 2 fully saturated rings. The Morgan fingerprint density at radius 1 is 1.20 bits per heavy atom. The minimum atomic E-state index is -0.270. The average Bonchev–Trinajstić information content (AvgIpc) is 3.09. The molecule has 4 heteroatoms. The van der Waals surface area contributed by atoms with Crippen LogP contribution in [0.4, 0.5) is 10.1 Å². The van der Waals surface area contributed by atoms with E-state index in [1.54, 1.807) is 0 Å². The molecule has 1 atom stereocenters. The summed E-state index contributed by atoms with van der Waals surface area (Å²) in [5.41, 5.74) is 7.49. The first-order chi connectivity index (χ1) is 9.66. The van der Waals surface area contributed by atoms with Crippen LogP contribution in [-0.4, -0.2) is 17.6 Å². The van der Waals surface area contributed by atoms with Crippen molar-refractivity contribution in [3.05, 3.63) is 29.6 Å². The van der Waals surface area contributed by atoms with Gasteiger partial charge in [0.2, 0.25) is 0 Å². The largest absolute Gasteiger partial charge is 0.389 e. The van der Waals surface area contributed by atoms with Gasteiger partial charge in [0.25, 0.3) is 0 Å². The molecule has 2 aliphatic rings. The van der Waals surface area contributed by atoms with Gasteiger partial charge in [-0.1, -0.05) is 25.1 Å². The number of hydrogen-bond acceptors (Lipinski definition) is 2. The molecule has 1 aromatic rings. The van der Waals surface area contributed by atoms with Crippen molar-refractivity contribution < 1.29 is 4.39 Å². The van der Waals surface area contributed by atoms with Crippen LogP contribution in [0.3, 0.4) is 0 Å². The Labute approximate surface area is 125 Å². The van der Waals surface area contributed by atoms with Crippen molar-refractivity contribution in [3.8, 4) is 0 Å². The van der Waals surface area contributed by atoms with Crippen LogP contribution in [0.5, 0.6) is 0 Å². The second-order valence-corrected chi connectivity index (χ2v) is 6.41. The summed E-state index contributed by atoms with van der Waals surface area (Å²) < 4.78 is 13.5. The number of nitrogens with zero attached hydrogens (tertiary/aromatic N) is 1. The Kier molecular flexibility index (Phi) is 3.92. The molecule has 108 valence electrons. The van der Waals surface area contributed by atoms with Crippen LogP contribution < -0.4 is 10.6 Å². The van der Waals surface area contributed by atoms with Crippen LogP contribution in [0.1, 0.15) is 44.1 Å². The summed E-state index contributed by atoms with van der Waals surface area (Å²) in [4.78, 5) is 2.71. The third kappa shape index (κ3) is 2.53. The maximum atomic E-state index is 13.5. The van der Waals surface area contributed by atoms with E-state index in [-0.39, 0.29) is 10.8 Å². The van der Waals surface area contributed by atoms with Crippen molar-refractivity contribution in [3.63, 3.8) is 0 Å². The fourth-order valence-electron chi connectivity index (χ4n) is 3.88. The molecule has 20 heavy (non-hydrogen) atoms. The number of nitrogens with two attached hydrogens (primary N) is 1. The molecule has 3 rings (SSSR count). The fourth-order valence-corrected chi connectivity index (χ4v) is 4.04. The van der Waals surface area contributed by atoms with Crippen molar-refractivity contribution in [2.75, 3.05) is 11.4 Å². The zero-order chi connectivity index (χ0) is 14.1. The molecular formula is C16H21FN2S. The smallest absolute Gasteiger partial charge is 0.124 e. The van der Waals surface area contributed by atoms with Crippen LogP contribution in [0.15, 0.2) is 18.2 Å². The van der Waals surface area contributed by atoms with E-state index in [0.29, 0.717) is 11.6 Å². The summed E-state index contributed by atoms with van der Waals surface area (Å²) in [6.07, 6.45) is 7.78. The van der Waals surface area contributed by atoms with Gasteiger partial charge in [-0.3, -0.25) is 0 Å².